The molecular formula is C23H24N2O. The van der Waals surface area contributed by atoms with Crippen molar-refractivity contribution in [3.63, 3.8) is 0 Å². The molecule has 3 nitrogen and oxygen atoms in total. The molecule has 0 amide bonds. The van der Waals surface area contributed by atoms with Crippen molar-refractivity contribution in [2.24, 2.45) is 0 Å². The number of nitriles is 1. The summed E-state index contributed by atoms with van der Waals surface area (Å²) in [5.74, 6) is 0. The molecule has 0 spiro atoms. The molecule has 0 fully saturated rings. The average Bonchev–Trinajstić information content (AvgIpc) is 2.64. The summed E-state index contributed by atoms with van der Waals surface area (Å²) in [5.41, 5.74) is 5.43. The number of hydrogen-bond acceptors (Lipinski definition) is 2. The van der Waals surface area contributed by atoms with Gasteiger partial charge >= 0.3 is 0 Å². The SMILES string of the molecule is CCc1cc2ccc(C(C)(C#N)Cc3cccc(C)c3C)cc2[nH]c1=O. The maximum absolute atomic E-state index is 12.1. The normalized spacial score (nSPS) is 13.3. The molecular weight excluding hydrogens is 320 g/mol. The minimum absolute atomic E-state index is 0.0506. The fourth-order valence-electron chi connectivity index (χ4n) is 3.44. The Kier molecular flexibility index (Phi) is 4.70. The molecule has 26 heavy (non-hydrogen) atoms. The third-order valence-electron chi connectivity index (χ3n) is 5.45. The van der Waals surface area contributed by atoms with Crippen LogP contribution in [0.15, 0.2) is 47.3 Å². The van der Waals surface area contributed by atoms with Gasteiger partial charge in [-0.2, -0.15) is 5.26 Å². The van der Waals surface area contributed by atoms with Crippen LogP contribution in [0.25, 0.3) is 10.9 Å². The molecule has 132 valence electrons. The summed E-state index contributed by atoms with van der Waals surface area (Å²) in [6, 6.07) is 16.6. The number of aromatic amines is 1. The van der Waals surface area contributed by atoms with Gasteiger partial charge < -0.3 is 4.98 Å². The van der Waals surface area contributed by atoms with Crippen molar-refractivity contribution in [2.75, 3.05) is 0 Å². The highest BCUT2D eigenvalue weighted by Crippen LogP contribution is 2.31. The summed E-state index contributed by atoms with van der Waals surface area (Å²) in [4.78, 5) is 15.1. The van der Waals surface area contributed by atoms with Crippen molar-refractivity contribution >= 4 is 10.9 Å². The zero-order valence-electron chi connectivity index (χ0n) is 15.8. The van der Waals surface area contributed by atoms with Crippen molar-refractivity contribution in [3.8, 4) is 6.07 Å². The predicted octanol–water partition coefficient (Wildman–Crippen LogP) is 4.73. The molecule has 1 atom stereocenters. The molecule has 1 unspecified atom stereocenters. The predicted molar refractivity (Wildman–Crippen MR) is 107 cm³/mol. The molecule has 0 bridgehead atoms. The van der Waals surface area contributed by atoms with E-state index < -0.39 is 5.41 Å². The smallest absolute Gasteiger partial charge is 0.251 e. The Hall–Kier alpha value is -2.86. The number of fused-ring (bicyclic) bond motifs is 1. The lowest BCUT2D eigenvalue weighted by Gasteiger charge is -2.24. The Balaban J connectivity index is 2.08. The van der Waals surface area contributed by atoms with Gasteiger partial charge in [0.05, 0.1) is 11.5 Å². The zero-order valence-corrected chi connectivity index (χ0v) is 15.8. The van der Waals surface area contributed by atoms with Crippen LogP contribution in [0.2, 0.25) is 0 Å². The lowest BCUT2D eigenvalue weighted by molar-refractivity contribution is 0.605. The number of aromatic nitrogens is 1. The lowest BCUT2D eigenvalue weighted by Crippen LogP contribution is -2.23. The Morgan fingerprint density at radius 1 is 1.12 bits per heavy atom. The van der Waals surface area contributed by atoms with Gasteiger partial charge in [0.25, 0.3) is 5.56 Å². The van der Waals surface area contributed by atoms with Crippen LogP contribution in [0, 0.1) is 25.2 Å². The van der Waals surface area contributed by atoms with E-state index in [1.165, 1.54) is 16.7 Å². The second-order valence-electron chi connectivity index (χ2n) is 7.26. The quantitative estimate of drug-likeness (QED) is 0.744. The lowest BCUT2D eigenvalue weighted by atomic mass is 9.77. The number of hydrogen-bond donors (Lipinski definition) is 1. The number of aryl methyl sites for hydroxylation is 2. The Morgan fingerprint density at radius 3 is 2.58 bits per heavy atom. The fraction of sp³-hybridized carbons (Fsp3) is 0.304. The molecule has 2 aromatic carbocycles. The van der Waals surface area contributed by atoms with Crippen LogP contribution >= 0.6 is 0 Å². The Labute approximate surface area is 154 Å². The van der Waals surface area contributed by atoms with E-state index in [9.17, 15) is 10.1 Å². The van der Waals surface area contributed by atoms with E-state index in [2.05, 4.69) is 37.0 Å². The monoisotopic (exact) mass is 344 g/mol. The molecule has 1 heterocycles. The minimum Gasteiger partial charge on any atom is -0.322 e. The highest BCUT2D eigenvalue weighted by Gasteiger charge is 2.28. The van der Waals surface area contributed by atoms with E-state index in [4.69, 9.17) is 0 Å². The minimum atomic E-state index is -0.660. The van der Waals surface area contributed by atoms with E-state index in [0.717, 1.165) is 22.0 Å². The Morgan fingerprint density at radius 2 is 1.88 bits per heavy atom. The van der Waals surface area contributed by atoms with Crippen LogP contribution in [-0.2, 0) is 18.3 Å². The second-order valence-corrected chi connectivity index (χ2v) is 7.26. The van der Waals surface area contributed by atoms with Gasteiger partial charge in [0.2, 0.25) is 0 Å². The zero-order chi connectivity index (χ0) is 18.9. The molecule has 3 aromatic rings. The van der Waals surface area contributed by atoms with Gasteiger partial charge in [0.1, 0.15) is 0 Å². The molecule has 0 radical (unpaired) electrons. The van der Waals surface area contributed by atoms with Gasteiger partial charge in [-0.3, -0.25) is 4.79 Å². The molecule has 0 saturated carbocycles. The van der Waals surface area contributed by atoms with Crippen molar-refractivity contribution in [1.29, 1.82) is 5.26 Å². The van der Waals surface area contributed by atoms with Gasteiger partial charge in [-0.1, -0.05) is 37.3 Å². The number of H-pyrrole nitrogens is 1. The first-order chi connectivity index (χ1) is 12.4. The first kappa shape index (κ1) is 17.9. The number of nitrogens with one attached hydrogen (secondary N) is 1. The van der Waals surface area contributed by atoms with Crippen molar-refractivity contribution in [2.45, 2.75) is 46.0 Å². The van der Waals surface area contributed by atoms with Crippen LogP contribution < -0.4 is 5.56 Å². The second kappa shape index (κ2) is 6.80. The van der Waals surface area contributed by atoms with Crippen molar-refractivity contribution in [1.82, 2.24) is 4.98 Å². The fourth-order valence-corrected chi connectivity index (χ4v) is 3.44. The van der Waals surface area contributed by atoms with E-state index in [0.29, 0.717) is 12.8 Å². The summed E-state index contributed by atoms with van der Waals surface area (Å²) in [6.07, 6.45) is 1.34. The highest BCUT2D eigenvalue weighted by molar-refractivity contribution is 5.80. The standard InChI is InChI=1S/C23H24N2O/c1-5-17-11-18-9-10-20(12-21(18)25-22(17)26)23(4,14-24)13-19-8-6-7-15(2)16(19)3/h6-12H,5,13H2,1-4H3,(H,25,26). The van der Waals surface area contributed by atoms with Crippen LogP contribution in [0.3, 0.4) is 0 Å². The number of nitrogens with zero attached hydrogens (tertiary/aromatic N) is 1. The van der Waals surface area contributed by atoms with E-state index in [-0.39, 0.29) is 5.56 Å². The third-order valence-corrected chi connectivity index (χ3v) is 5.45. The van der Waals surface area contributed by atoms with Gasteiger partial charge in [-0.15, -0.1) is 0 Å². The first-order valence-corrected chi connectivity index (χ1v) is 9.00. The summed E-state index contributed by atoms with van der Waals surface area (Å²) in [6.45, 7) is 8.14. The third kappa shape index (κ3) is 3.15. The first-order valence-electron chi connectivity index (χ1n) is 9.00. The summed E-state index contributed by atoms with van der Waals surface area (Å²) in [5, 5.41) is 10.9. The van der Waals surface area contributed by atoms with Crippen LogP contribution in [0.4, 0.5) is 0 Å². The highest BCUT2D eigenvalue weighted by atomic mass is 16.1. The molecule has 0 saturated heterocycles. The van der Waals surface area contributed by atoms with E-state index in [1.807, 2.05) is 44.2 Å². The maximum Gasteiger partial charge on any atom is 0.251 e. The van der Waals surface area contributed by atoms with Gasteiger partial charge in [-0.05, 0) is 73.4 Å². The van der Waals surface area contributed by atoms with E-state index >= 15 is 0 Å². The van der Waals surface area contributed by atoms with Crippen molar-refractivity contribution in [3.05, 3.63) is 80.6 Å². The Bertz CT molecular complexity index is 1070. The van der Waals surface area contributed by atoms with Crippen LogP contribution in [0.5, 0.6) is 0 Å². The molecule has 1 aromatic heterocycles. The molecule has 0 aliphatic carbocycles. The number of rotatable bonds is 4. The molecule has 1 N–H and O–H groups in total. The topological polar surface area (TPSA) is 56.6 Å². The van der Waals surface area contributed by atoms with Crippen LogP contribution in [-0.4, -0.2) is 4.98 Å². The molecule has 3 rings (SSSR count). The number of pyridine rings is 1. The van der Waals surface area contributed by atoms with Gasteiger partial charge in [0.15, 0.2) is 0 Å². The van der Waals surface area contributed by atoms with E-state index in [1.54, 1.807) is 0 Å². The molecule has 3 heteroatoms. The summed E-state index contributed by atoms with van der Waals surface area (Å²) < 4.78 is 0. The van der Waals surface area contributed by atoms with Gasteiger partial charge in [-0.25, -0.2) is 0 Å². The average molecular weight is 344 g/mol. The van der Waals surface area contributed by atoms with Crippen LogP contribution in [0.1, 0.15) is 41.7 Å². The molecule has 0 aliphatic heterocycles. The summed E-state index contributed by atoms with van der Waals surface area (Å²) in [7, 11) is 0. The van der Waals surface area contributed by atoms with Crippen molar-refractivity contribution < 1.29 is 0 Å². The summed E-state index contributed by atoms with van der Waals surface area (Å²) >= 11 is 0. The van der Waals surface area contributed by atoms with Gasteiger partial charge in [0, 0.05) is 11.1 Å². The molecule has 0 aliphatic rings. The maximum atomic E-state index is 12.1. The largest absolute Gasteiger partial charge is 0.322 e. The number of benzene rings is 2.